The van der Waals surface area contributed by atoms with Crippen LogP contribution in [-0.4, -0.2) is 36.4 Å². The van der Waals surface area contributed by atoms with Crippen molar-refractivity contribution in [3.8, 4) is 0 Å². The minimum Gasteiger partial charge on any atom is -0.467 e. The van der Waals surface area contributed by atoms with E-state index in [4.69, 9.17) is 20.8 Å². The molecule has 0 unspecified atom stereocenters. The standard InChI is InChI=1S/C22H18ClN3O7/c1-25(19-7-3-2-6-17(19)21(28)24-12-15-5-4-10-32-15)20(27)13-33-22(29)16-9-8-14(26(30)31)11-18(16)23/h2-11H,12-13H2,1H3,(H,24,28). The van der Waals surface area contributed by atoms with Crippen LogP contribution in [0.2, 0.25) is 5.02 Å². The van der Waals surface area contributed by atoms with Crippen molar-refractivity contribution < 1.29 is 28.5 Å². The summed E-state index contributed by atoms with van der Waals surface area (Å²) in [6, 6.07) is 13.1. The normalized spacial score (nSPS) is 10.4. The molecule has 3 aromatic rings. The van der Waals surface area contributed by atoms with Crippen molar-refractivity contribution in [3.05, 3.63) is 92.9 Å². The van der Waals surface area contributed by atoms with E-state index in [1.54, 1.807) is 36.4 Å². The van der Waals surface area contributed by atoms with Crippen LogP contribution in [-0.2, 0) is 16.1 Å². The van der Waals surface area contributed by atoms with Gasteiger partial charge in [-0.25, -0.2) is 4.79 Å². The number of likely N-dealkylation sites (N-methyl/N-ethyl adjacent to an activating group) is 1. The number of nitrogens with zero attached hydrogens (tertiary/aromatic N) is 2. The van der Waals surface area contributed by atoms with Crippen LogP contribution in [0.4, 0.5) is 11.4 Å². The molecule has 3 rings (SSSR count). The SMILES string of the molecule is CN(C(=O)COC(=O)c1ccc([N+](=O)[O-])cc1Cl)c1ccccc1C(=O)NCc1ccco1. The van der Waals surface area contributed by atoms with Gasteiger partial charge in [0.15, 0.2) is 6.61 Å². The van der Waals surface area contributed by atoms with Crippen LogP contribution in [0.25, 0.3) is 0 Å². The molecule has 170 valence electrons. The van der Waals surface area contributed by atoms with Gasteiger partial charge in [-0.2, -0.15) is 0 Å². The summed E-state index contributed by atoms with van der Waals surface area (Å²) >= 11 is 5.91. The van der Waals surface area contributed by atoms with Gasteiger partial charge in [-0.1, -0.05) is 23.7 Å². The first-order chi connectivity index (χ1) is 15.8. The van der Waals surface area contributed by atoms with E-state index in [9.17, 15) is 24.5 Å². The minimum atomic E-state index is -0.916. The van der Waals surface area contributed by atoms with Crippen molar-refractivity contribution in [2.45, 2.75) is 6.54 Å². The van der Waals surface area contributed by atoms with E-state index in [0.717, 1.165) is 18.2 Å². The summed E-state index contributed by atoms with van der Waals surface area (Å²) < 4.78 is 10.2. The zero-order valence-corrected chi connectivity index (χ0v) is 18.1. The number of hydrogen-bond acceptors (Lipinski definition) is 7. The monoisotopic (exact) mass is 471 g/mol. The Morgan fingerprint density at radius 3 is 2.55 bits per heavy atom. The van der Waals surface area contributed by atoms with Crippen LogP contribution in [0.3, 0.4) is 0 Å². The number of halogens is 1. The number of carbonyl (C=O) groups is 3. The Hall–Kier alpha value is -4.18. The number of benzene rings is 2. The number of esters is 1. The summed E-state index contributed by atoms with van der Waals surface area (Å²) in [5.74, 6) is -1.37. The molecule has 0 fully saturated rings. The lowest BCUT2D eigenvalue weighted by atomic mass is 10.1. The molecular weight excluding hydrogens is 454 g/mol. The number of carbonyl (C=O) groups excluding carboxylic acids is 3. The number of nitro groups is 1. The Kier molecular flexibility index (Phi) is 7.42. The highest BCUT2D eigenvalue weighted by Crippen LogP contribution is 2.23. The van der Waals surface area contributed by atoms with E-state index in [0.29, 0.717) is 11.4 Å². The Labute approximate surface area is 192 Å². The van der Waals surface area contributed by atoms with Crippen molar-refractivity contribution in [1.82, 2.24) is 5.32 Å². The first kappa shape index (κ1) is 23.5. The van der Waals surface area contributed by atoms with Gasteiger partial charge < -0.3 is 19.4 Å². The molecule has 1 aromatic heterocycles. The molecule has 0 spiro atoms. The van der Waals surface area contributed by atoms with Crippen molar-refractivity contribution in [2.24, 2.45) is 0 Å². The smallest absolute Gasteiger partial charge is 0.340 e. The van der Waals surface area contributed by atoms with E-state index < -0.39 is 29.3 Å². The number of rotatable bonds is 8. The quantitative estimate of drug-likeness (QED) is 0.301. The summed E-state index contributed by atoms with van der Waals surface area (Å²) in [5.41, 5.74) is 0.151. The highest BCUT2D eigenvalue weighted by atomic mass is 35.5. The summed E-state index contributed by atoms with van der Waals surface area (Å²) in [6.07, 6.45) is 1.49. The first-order valence-corrected chi connectivity index (χ1v) is 9.93. The fraction of sp³-hybridized carbons (Fsp3) is 0.136. The highest BCUT2D eigenvalue weighted by Gasteiger charge is 2.21. The average molecular weight is 472 g/mol. The largest absolute Gasteiger partial charge is 0.467 e. The van der Waals surface area contributed by atoms with Gasteiger partial charge in [-0.05, 0) is 30.3 Å². The summed E-state index contributed by atoms with van der Waals surface area (Å²) in [5, 5.41) is 13.3. The van der Waals surface area contributed by atoms with Crippen molar-refractivity contribution >= 4 is 40.8 Å². The number of hydrogen-bond donors (Lipinski definition) is 1. The number of ether oxygens (including phenoxy) is 1. The maximum Gasteiger partial charge on any atom is 0.340 e. The maximum atomic E-state index is 12.6. The lowest BCUT2D eigenvalue weighted by Gasteiger charge is -2.20. The van der Waals surface area contributed by atoms with Crippen molar-refractivity contribution in [3.63, 3.8) is 0 Å². The molecule has 2 amide bonds. The van der Waals surface area contributed by atoms with Gasteiger partial charge in [0, 0.05) is 19.2 Å². The molecule has 0 saturated heterocycles. The third-order valence-corrected chi connectivity index (χ3v) is 4.91. The molecule has 0 radical (unpaired) electrons. The van der Waals surface area contributed by atoms with Crippen LogP contribution in [0.5, 0.6) is 0 Å². The van der Waals surface area contributed by atoms with Crippen molar-refractivity contribution in [2.75, 3.05) is 18.6 Å². The molecule has 0 atom stereocenters. The molecule has 2 aromatic carbocycles. The second-order valence-corrected chi connectivity index (χ2v) is 7.14. The van der Waals surface area contributed by atoms with Gasteiger partial charge in [-0.3, -0.25) is 19.7 Å². The third kappa shape index (κ3) is 5.74. The zero-order chi connectivity index (χ0) is 24.0. The zero-order valence-electron chi connectivity index (χ0n) is 17.3. The maximum absolute atomic E-state index is 12.6. The Morgan fingerprint density at radius 2 is 1.88 bits per heavy atom. The van der Waals surface area contributed by atoms with Crippen LogP contribution < -0.4 is 10.2 Å². The van der Waals surface area contributed by atoms with Gasteiger partial charge in [0.25, 0.3) is 17.5 Å². The van der Waals surface area contributed by atoms with Gasteiger partial charge in [0.1, 0.15) is 5.76 Å². The predicted molar refractivity (Wildman–Crippen MR) is 118 cm³/mol. The van der Waals surface area contributed by atoms with Crippen LogP contribution in [0.15, 0.2) is 65.3 Å². The van der Waals surface area contributed by atoms with Crippen LogP contribution >= 0.6 is 11.6 Å². The molecule has 0 bridgehead atoms. The summed E-state index contributed by atoms with van der Waals surface area (Å²) in [7, 11) is 1.44. The van der Waals surface area contributed by atoms with E-state index in [2.05, 4.69) is 5.32 Å². The van der Waals surface area contributed by atoms with E-state index in [-0.39, 0.29) is 28.4 Å². The second-order valence-electron chi connectivity index (χ2n) is 6.73. The lowest BCUT2D eigenvalue weighted by Crippen LogP contribution is -2.33. The molecule has 0 aliphatic heterocycles. The molecular formula is C22H18ClN3O7. The number of non-ortho nitro benzene ring substituents is 1. The summed E-state index contributed by atoms with van der Waals surface area (Å²) in [4.78, 5) is 48.8. The molecule has 11 heteroatoms. The average Bonchev–Trinajstić information content (AvgIpc) is 3.33. The van der Waals surface area contributed by atoms with Crippen molar-refractivity contribution in [1.29, 1.82) is 0 Å². The Bertz CT molecular complexity index is 1190. The first-order valence-electron chi connectivity index (χ1n) is 9.55. The molecule has 0 saturated carbocycles. The predicted octanol–water partition coefficient (Wildman–Crippen LogP) is 3.59. The number of nitrogens with one attached hydrogen (secondary N) is 1. The molecule has 0 aliphatic carbocycles. The second kappa shape index (κ2) is 10.4. The van der Waals surface area contributed by atoms with Gasteiger partial charge in [0.05, 0.1) is 39.6 Å². The Balaban J connectivity index is 1.65. The van der Waals surface area contributed by atoms with Gasteiger partial charge >= 0.3 is 5.97 Å². The molecule has 10 nitrogen and oxygen atoms in total. The fourth-order valence-electron chi connectivity index (χ4n) is 2.85. The molecule has 33 heavy (non-hydrogen) atoms. The number of furan rings is 1. The lowest BCUT2D eigenvalue weighted by molar-refractivity contribution is -0.384. The van der Waals surface area contributed by atoms with E-state index in [1.807, 2.05) is 0 Å². The van der Waals surface area contributed by atoms with E-state index >= 15 is 0 Å². The number of para-hydroxylation sites is 1. The third-order valence-electron chi connectivity index (χ3n) is 4.60. The summed E-state index contributed by atoms with van der Waals surface area (Å²) in [6.45, 7) is -0.462. The number of nitro benzene ring substituents is 1. The van der Waals surface area contributed by atoms with Gasteiger partial charge in [-0.15, -0.1) is 0 Å². The molecule has 1 N–H and O–H groups in total. The molecule has 0 aliphatic rings. The van der Waals surface area contributed by atoms with Crippen LogP contribution in [0.1, 0.15) is 26.5 Å². The number of amides is 2. The Morgan fingerprint density at radius 1 is 1.12 bits per heavy atom. The van der Waals surface area contributed by atoms with E-state index in [1.165, 1.54) is 18.2 Å². The van der Waals surface area contributed by atoms with Gasteiger partial charge in [0.2, 0.25) is 0 Å². The minimum absolute atomic E-state index is 0.115. The molecule has 1 heterocycles. The van der Waals surface area contributed by atoms with Crippen LogP contribution in [0, 0.1) is 10.1 Å². The number of anilines is 1. The highest BCUT2D eigenvalue weighted by molar-refractivity contribution is 6.33. The topological polar surface area (TPSA) is 132 Å². The fourth-order valence-corrected chi connectivity index (χ4v) is 3.11.